The smallest absolute Gasteiger partial charge is 0.225 e. The molecule has 0 spiro atoms. The zero-order valence-corrected chi connectivity index (χ0v) is 14.0. The molecule has 1 aromatic rings. The molecule has 2 aliphatic rings. The Balaban J connectivity index is 1.65. The molecule has 0 unspecified atom stereocenters. The van der Waals surface area contributed by atoms with E-state index in [4.69, 9.17) is 5.11 Å². The molecule has 3 heteroatoms. The summed E-state index contributed by atoms with van der Waals surface area (Å²) in [7, 11) is 0. The van der Waals surface area contributed by atoms with E-state index in [0.29, 0.717) is 12.5 Å². The SMILES string of the molecule is C[C@@H](CCCO)C(=O)N1CCC[C@H]1CC1=CCc2ccccc21. The fraction of sp³-hybridized carbons (Fsp3) is 0.550. The van der Waals surface area contributed by atoms with Gasteiger partial charge in [0.1, 0.15) is 0 Å². The maximum absolute atomic E-state index is 12.7. The first-order chi connectivity index (χ1) is 11.2. The summed E-state index contributed by atoms with van der Waals surface area (Å²) in [5.41, 5.74) is 4.20. The van der Waals surface area contributed by atoms with E-state index in [-0.39, 0.29) is 18.4 Å². The molecule has 0 bridgehead atoms. The summed E-state index contributed by atoms with van der Waals surface area (Å²) >= 11 is 0. The molecule has 0 radical (unpaired) electrons. The fourth-order valence-electron chi connectivity index (χ4n) is 3.94. The predicted molar refractivity (Wildman–Crippen MR) is 93.0 cm³/mol. The zero-order valence-electron chi connectivity index (χ0n) is 14.0. The largest absolute Gasteiger partial charge is 0.396 e. The van der Waals surface area contributed by atoms with Gasteiger partial charge in [0.25, 0.3) is 0 Å². The minimum absolute atomic E-state index is 0.0209. The standard InChI is InChI=1S/C20H27NO2/c1-15(6-5-13-22)20(23)21-12-4-8-18(21)14-17-11-10-16-7-2-3-9-19(16)17/h2-3,7,9,11,15,18,22H,4-6,8,10,12-14H2,1H3/t15-,18-/m0/s1. The average Bonchev–Trinajstić information content (AvgIpc) is 3.20. The highest BCUT2D eigenvalue weighted by molar-refractivity contribution is 5.80. The average molecular weight is 313 g/mol. The number of carbonyl (C=O) groups is 1. The highest BCUT2D eigenvalue weighted by Crippen LogP contribution is 2.34. The number of aliphatic hydroxyl groups excluding tert-OH is 1. The molecule has 1 aromatic carbocycles. The molecule has 0 aromatic heterocycles. The van der Waals surface area contributed by atoms with E-state index in [2.05, 4.69) is 35.2 Å². The molecular formula is C20H27NO2. The second-order valence-corrected chi connectivity index (χ2v) is 6.89. The number of rotatable bonds is 6. The summed E-state index contributed by atoms with van der Waals surface area (Å²) in [6, 6.07) is 8.96. The minimum Gasteiger partial charge on any atom is -0.396 e. The van der Waals surface area contributed by atoms with E-state index in [1.165, 1.54) is 16.7 Å². The monoisotopic (exact) mass is 313 g/mol. The van der Waals surface area contributed by atoms with Crippen LogP contribution >= 0.6 is 0 Å². The van der Waals surface area contributed by atoms with Gasteiger partial charge in [-0.05, 0) is 55.2 Å². The van der Waals surface area contributed by atoms with Gasteiger partial charge in [0.15, 0.2) is 0 Å². The maximum atomic E-state index is 12.7. The Morgan fingerprint density at radius 1 is 1.39 bits per heavy atom. The van der Waals surface area contributed by atoms with Gasteiger partial charge in [0.05, 0.1) is 0 Å². The number of aliphatic hydroxyl groups is 1. The van der Waals surface area contributed by atoms with Crippen molar-refractivity contribution < 1.29 is 9.90 Å². The molecule has 1 aliphatic heterocycles. The first kappa shape index (κ1) is 16.3. The molecule has 1 aliphatic carbocycles. The first-order valence-corrected chi connectivity index (χ1v) is 8.89. The molecule has 3 rings (SSSR count). The predicted octanol–water partition coefficient (Wildman–Crippen LogP) is 3.42. The third kappa shape index (κ3) is 3.50. The Labute approximate surface area is 139 Å². The molecule has 1 saturated heterocycles. The van der Waals surface area contributed by atoms with Gasteiger partial charge in [-0.1, -0.05) is 37.3 Å². The number of allylic oxidation sites excluding steroid dienone is 1. The summed E-state index contributed by atoms with van der Waals surface area (Å²) in [6.07, 6.45) is 8.05. The number of amides is 1. The van der Waals surface area contributed by atoms with Crippen molar-refractivity contribution in [2.75, 3.05) is 13.2 Å². The molecule has 23 heavy (non-hydrogen) atoms. The van der Waals surface area contributed by atoms with Crippen LogP contribution in [0.1, 0.15) is 50.2 Å². The third-order valence-corrected chi connectivity index (χ3v) is 5.26. The van der Waals surface area contributed by atoms with Gasteiger partial charge in [0, 0.05) is 25.1 Å². The van der Waals surface area contributed by atoms with Crippen LogP contribution < -0.4 is 0 Å². The van der Waals surface area contributed by atoms with Gasteiger partial charge in [-0.2, -0.15) is 0 Å². The highest BCUT2D eigenvalue weighted by Gasteiger charge is 2.32. The van der Waals surface area contributed by atoms with E-state index in [9.17, 15) is 4.79 Å². The van der Waals surface area contributed by atoms with Gasteiger partial charge in [-0.3, -0.25) is 4.79 Å². The molecule has 1 N–H and O–H groups in total. The zero-order chi connectivity index (χ0) is 16.2. The minimum atomic E-state index is 0.0209. The van der Waals surface area contributed by atoms with Crippen molar-refractivity contribution in [1.82, 2.24) is 4.90 Å². The number of nitrogens with zero attached hydrogens (tertiary/aromatic N) is 1. The van der Waals surface area contributed by atoms with Crippen molar-refractivity contribution in [3.05, 3.63) is 41.5 Å². The van der Waals surface area contributed by atoms with Crippen molar-refractivity contribution in [3.8, 4) is 0 Å². The second kappa shape index (κ2) is 7.31. The van der Waals surface area contributed by atoms with Gasteiger partial charge < -0.3 is 10.0 Å². The lowest BCUT2D eigenvalue weighted by Crippen LogP contribution is -2.39. The van der Waals surface area contributed by atoms with Crippen LogP contribution in [-0.4, -0.2) is 35.1 Å². The quantitative estimate of drug-likeness (QED) is 0.874. The van der Waals surface area contributed by atoms with Crippen LogP contribution in [0.4, 0.5) is 0 Å². The van der Waals surface area contributed by atoms with E-state index in [1.54, 1.807) is 0 Å². The lowest BCUT2D eigenvalue weighted by molar-refractivity contribution is -0.136. The number of likely N-dealkylation sites (tertiary alicyclic amines) is 1. The molecule has 3 nitrogen and oxygen atoms in total. The van der Waals surface area contributed by atoms with Crippen molar-refractivity contribution in [1.29, 1.82) is 0 Å². The van der Waals surface area contributed by atoms with E-state index >= 15 is 0 Å². The van der Waals surface area contributed by atoms with Crippen LogP contribution in [-0.2, 0) is 11.2 Å². The topological polar surface area (TPSA) is 40.5 Å². The Kier molecular flexibility index (Phi) is 5.16. The summed E-state index contributed by atoms with van der Waals surface area (Å²) in [4.78, 5) is 14.8. The van der Waals surface area contributed by atoms with Crippen molar-refractivity contribution in [2.24, 2.45) is 5.92 Å². The van der Waals surface area contributed by atoms with E-state index in [0.717, 1.165) is 38.6 Å². The van der Waals surface area contributed by atoms with Crippen molar-refractivity contribution in [3.63, 3.8) is 0 Å². The number of fused-ring (bicyclic) bond motifs is 1. The van der Waals surface area contributed by atoms with Gasteiger partial charge in [-0.15, -0.1) is 0 Å². The summed E-state index contributed by atoms with van der Waals surface area (Å²) in [5.74, 6) is 0.292. The third-order valence-electron chi connectivity index (χ3n) is 5.26. The molecule has 1 amide bonds. The second-order valence-electron chi connectivity index (χ2n) is 6.89. The Morgan fingerprint density at radius 3 is 3.04 bits per heavy atom. The lowest BCUT2D eigenvalue weighted by Gasteiger charge is -2.28. The van der Waals surface area contributed by atoms with E-state index < -0.39 is 0 Å². The fourth-order valence-corrected chi connectivity index (χ4v) is 3.94. The van der Waals surface area contributed by atoms with Crippen LogP contribution in [0.15, 0.2) is 30.3 Å². The van der Waals surface area contributed by atoms with Crippen LogP contribution in [0.2, 0.25) is 0 Å². The molecule has 124 valence electrons. The van der Waals surface area contributed by atoms with Gasteiger partial charge in [-0.25, -0.2) is 0 Å². The number of hydrogen-bond acceptors (Lipinski definition) is 2. The highest BCUT2D eigenvalue weighted by atomic mass is 16.3. The number of carbonyl (C=O) groups excluding carboxylic acids is 1. The summed E-state index contributed by atoms with van der Waals surface area (Å²) in [5, 5.41) is 8.96. The van der Waals surface area contributed by atoms with Crippen molar-refractivity contribution >= 4 is 11.5 Å². The summed E-state index contributed by atoms with van der Waals surface area (Å²) < 4.78 is 0. The molecule has 1 fully saturated rings. The van der Waals surface area contributed by atoms with Crippen molar-refractivity contribution in [2.45, 2.75) is 51.5 Å². The Hall–Kier alpha value is -1.61. The van der Waals surface area contributed by atoms with Crippen LogP contribution in [0.3, 0.4) is 0 Å². The molecule has 1 heterocycles. The number of benzene rings is 1. The Bertz CT molecular complexity index is 593. The van der Waals surface area contributed by atoms with Gasteiger partial charge >= 0.3 is 0 Å². The van der Waals surface area contributed by atoms with E-state index in [1.807, 2.05) is 6.92 Å². The molecular weight excluding hydrogens is 286 g/mol. The normalized spacial score (nSPS) is 21.2. The maximum Gasteiger partial charge on any atom is 0.225 e. The lowest BCUT2D eigenvalue weighted by atomic mass is 9.97. The first-order valence-electron chi connectivity index (χ1n) is 8.89. The Morgan fingerprint density at radius 2 is 2.22 bits per heavy atom. The number of hydrogen-bond donors (Lipinski definition) is 1. The van der Waals surface area contributed by atoms with Crippen LogP contribution in [0, 0.1) is 5.92 Å². The van der Waals surface area contributed by atoms with Crippen LogP contribution in [0.5, 0.6) is 0 Å². The molecule has 2 atom stereocenters. The summed E-state index contributed by atoms with van der Waals surface area (Å²) in [6.45, 7) is 3.06. The van der Waals surface area contributed by atoms with Gasteiger partial charge in [0.2, 0.25) is 5.91 Å². The molecule has 0 saturated carbocycles. The van der Waals surface area contributed by atoms with Crippen LogP contribution in [0.25, 0.3) is 5.57 Å².